The molecule has 0 aromatic heterocycles. The fourth-order valence-corrected chi connectivity index (χ4v) is 2.39. The first-order chi connectivity index (χ1) is 10.4. The van der Waals surface area contributed by atoms with Gasteiger partial charge >= 0.3 is 0 Å². The van der Waals surface area contributed by atoms with E-state index in [2.05, 4.69) is 10.1 Å². The summed E-state index contributed by atoms with van der Waals surface area (Å²) in [4.78, 5) is 9.60. The zero-order valence-corrected chi connectivity index (χ0v) is 13.6. The molecule has 1 aliphatic rings. The summed E-state index contributed by atoms with van der Waals surface area (Å²) in [6, 6.07) is 4.74. The average Bonchev–Trinajstić information content (AvgIpc) is 2.47. The van der Waals surface area contributed by atoms with Gasteiger partial charge in [-0.05, 0) is 75.9 Å². The fraction of sp³-hybridized carbons (Fsp3) is 0.588. The second-order valence-electron chi connectivity index (χ2n) is 6.35. The molecule has 2 N–H and O–H groups in total. The maximum absolute atomic E-state index is 13.0. The van der Waals surface area contributed by atoms with Crippen molar-refractivity contribution in [1.29, 1.82) is 0 Å². The van der Waals surface area contributed by atoms with Gasteiger partial charge in [-0.25, -0.2) is 4.39 Å². The second-order valence-corrected chi connectivity index (χ2v) is 6.35. The highest BCUT2D eigenvalue weighted by Crippen LogP contribution is 2.28. The van der Waals surface area contributed by atoms with Crippen molar-refractivity contribution >= 4 is 6.47 Å². The Labute approximate surface area is 131 Å². The molecule has 1 aromatic carbocycles. The molecule has 0 saturated carbocycles. The van der Waals surface area contributed by atoms with Crippen molar-refractivity contribution in [1.82, 2.24) is 5.32 Å². The molecule has 0 radical (unpaired) electrons. The average molecular weight is 311 g/mol. The van der Waals surface area contributed by atoms with Gasteiger partial charge in [0.1, 0.15) is 11.4 Å². The second kappa shape index (κ2) is 8.86. The van der Waals surface area contributed by atoms with Crippen LogP contribution in [0, 0.1) is 5.82 Å². The fourth-order valence-electron chi connectivity index (χ4n) is 2.39. The summed E-state index contributed by atoms with van der Waals surface area (Å²) in [6.45, 7) is 7.86. The number of ether oxygens (including phenoxy) is 1. The lowest BCUT2D eigenvalue weighted by molar-refractivity contribution is -0.138. The third-order valence-corrected chi connectivity index (χ3v) is 3.46. The maximum atomic E-state index is 13.0. The van der Waals surface area contributed by atoms with Crippen LogP contribution in [0.5, 0.6) is 0 Å². The molecule has 0 atom stereocenters. The van der Waals surface area contributed by atoms with E-state index in [0.29, 0.717) is 12.4 Å². The Hall–Kier alpha value is -1.46. The van der Waals surface area contributed by atoms with E-state index in [1.54, 1.807) is 0 Å². The number of aliphatic hydroxyl groups excluding tert-OH is 1. The highest BCUT2D eigenvalue weighted by molar-refractivity contribution is 5.37. The van der Waals surface area contributed by atoms with Crippen LogP contribution in [0.1, 0.15) is 50.7 Å². The number of carbonyl (C=O) groups is 1. The van der Waals surface area contributed by atoms with E-state index < -0.39 is 0 Å². The minimum atomic E-state index is -0.318. The number of aliphatic hydroxyl groups is 1. The summed E-state index contributed by atoms with van der Waals surface area (Å²) in [7, 11) is 0. The summed E-state index contributed by atoms with van der Waals surface area (Å²) >= 11 is 0. The van der Waals surface area contributed by atoms with Gasteiger partial charge in [-0.3, -0.25) is 4.79 Å². The molecule has 1 saturated heterocycles. The van der Waals surface area contributed by atoms with Crippen molar-refractivity contribution in [2.24, 2.45) is 0 Å². The van der Waals surface area contributed by atoms with Crippen LogP contribution in [0.15, 0.2) is 18.2 Å². The van der Waals surface area contributed by atoms with E-state index in [4.69, 9.17) is 0 Å². The monoisotopic (exact) mass is 311 g/mol. The molecule has 0 bridgehead atoms. The van der Waals surface area contributed by atoms with Gasteiger partial charge in [-0.15, -0.1) is 0 Å². The summed E-state index contributed by atoms with van der Waals surface area (Å²) in [5.41, 5.74) is 1.53. The summed E-state index contributed by atoms with van der Waals surface area (Å²) in [5, 5.41) is 12.5. The van der Waals surface area contributed by atoms with Crippen LogP contribution in [-0.4, -0.2) is 30.3 Å². The minimum absolute atomic E-state index is 0.0724. The van der Waals surface area contributed by atoms with Crippen molar-refractivity contribution in [2.45, 2.75) is 51.7 Å². The summed E-state index contributed by atoms with van der Waals surface area (Å²) < 4.78 is 17.5. The summed E-state index contributed by atoms with van der Waals surface area (Å²) in [5.74, 6) is 0.200. The van der Waals surface area contributed by atoms with Gasteiger partial charge in [-0.2, -0.15) is 0 Å². The Morgan fingerprint density at radius 2 is 2.00 bits per heavy atom. The zero-order valence-electron chi connectivity index (χ0n) is 13.6. The lowest BCUT2D eigenvalue weighted by Crippen LogP contribution is -2.27. The number of halogens is 1. The van der Waals surface area contributed by atoms with Crippen LogP contribution in [0.2, 0.25) is 0 Å². The normalized spacial score (nSPS) is 15.7. The molecule has 0 spiro atoms. The Morgan fingerprint density at radius 1 is 1.36 bits per heavy atom. The Balaban J connectivity index is 0.000000295. The van der Waals surface area contributed by atoms with Crippen molar-refractivity contribution < 1.29 is 19.0 Å². The number of piperidine rings is 1. The number of hydrogen-bond acceptors (Lipinski definition) is 4. The van der Waals surface area contributed by atoms with Crippen LogP contribution >= 0.6 is 0 Å². The van der Waals surface area contributed by atoms with E-state index in [-0.39, 0.29) is 18.0 Å². The van der Waals surface area contributed by atoms with Crippen molar-refractivity contribution in [3.63, 3.8) is 0 Å². The maximum Gasteiger partial charge on any atom is 0.293 e. The van der Waals surface area contributed by atoms with Crippen LogP contribution in [0.3, 0.4) is 0 Å². The van der Waals surface area contributed by atoms with E-state index >= 15 is 0 Å². The van der Waals surface area contributed by atoms with E-state index in [1.165, 1.54) is 12.1 Å². The molecule has 0 amide bonds. The third-order valence-electron chi connectivity index (χ3n) is 3.46. The molecule has 5 heteroatoms. The van der Waals surface area contributed by atoms with Crippen LogP contribution in [-0.2, 0) is 16.1 Å². The minimum Gasteiger partial charge on any atom is -0.462 e. The molecule has 1 aromatic rings. The number of nitrogens with one attached hydrogen (secondary N) is 1. The molecular formula is C17H26FNO3. The van der Waals surface area contributed by atoms with E-state index in [0.717, 1.165) is 37.1 Å². The Kier molecular flexibility index (Phi) is 7.48. The SMILES string of the molecule is CC(C)(C)OC=O.OCc1cc(F)ccc1C1CCNCC1. The van der Waals surface area contributed by atoms with Crippen LogP contribution in [0.4, 0.5) is 4.39 Å². The highest BCUT2D eigenvalue weighted by atomic mass is 19.1. The van der Waals surface area contributed by atoms with Crippen LogP contribution < -0.4 is 5.32 Å². The van der Waals surface area contributed by atoms with Gasteiger partial charge in [0.15, 0.2) is 0 Å². The topological polar surface area (TPSA) is 58.6 Å². The zero-order chi connectivity index (χ0) is 16.6. The number of carbonyl (C=O) groups excluding carboxylic acids is 1. The van der Waals surface area contributed by atoms with Crippen molar-refractivity contribution in [3.05, 3.63) is 35.1 Å². The largest absolute Gasteiger partial charge is 0.462 e. The first-order valence-corrected chi connectivity index (χ1v) is 7.58. The molecule has 0 unspecified atom stereocenters. The molecule has 0 aliphatic carbocycles. The number of benzene rings is 1. The van der Waals surface area contributed by atoms with Gasteiger partial charge in [0, 0.05) is 0 Å². The molecule has 1 heterocycles. The molecule has 124 valence electrons. The molecule has 1 fully saturated rings. The van der Waals surface area contributed by atoms with Crippen LogP contribution in [0.25, 0.3) is 0 Å². The third kappa shape index (κ3) is 6.54. The van der Waals surface area contributed by atoms with E-state index in [9.17, 15) is 14.3 Å². The predicted octanol–water partition coefficient (Wildman–Crippen LogP) is 2.74. The predicted molar refractivity (Wildman–Crippen MR) is 84.1 cm³/mol. The van der Waals surface area contributed by atoms with Gasteiger partial charge in [0.05, 0.1) is 6.61 Å². The molecular weight excluding hydrogens is 285 g/mol. The molecule has 4 nitrogen and oxygen atoms in total. The first-order valence-electron chi connectivity index (χ1n) is 7.58. The molecule has 2 rings (SSSR count). The Bertz CT molecular complexity index is 465. The van der Waals surface area contributed by atoms with Gasteiger partial charge in [0.25, 0.3) is 6.47 Å². The van der Waals surface area contributed by atoms with Crippen molar-refractivity contribution in [3.8, 4) is 0 Å². The highest BCUT2D eigenvalue weighted by Gasteiger charge is 2.18. The van der Waals surface area contributed by atoms with E-state index in [1.807, 2.05) is 26.8 Å². The standard InChI is InChI=1S/C12H16FNO.C5H10O2/c13-11-1-2-12(10(7-11)8-15)9-3-5-14-6-4-9;1-5(2,3)7-4-6/h1-2,7,9,14-15H,3-6,8H2;4H,1-3H3. The smallest absolute Gasteiger partial charge is 0.293 e. The van der Waals surface area contributed by atoms with Gasteiger partial charge in [0.2, 0.25) is 0 Å². The van der Waals surface area contributed by atoms with Gasteiger partial charge < -0.3 is 15.2 Å². The van der Waals surface area contributed by atoms with Crippen molar-refractivity contribution in [2.75, 3.05) is 13.1 Å². The van der Waals surface area contributed by atoms with Gasteiger partial charge in [-0.1, -0.05) is 6.07 Å². The molecule has 22 heavy (non-hydrogen) atoms. The number of rotatable bonds is 3. The quantitative estimate of drug-likeness (QED) is 0.843. The molecule has 1 aliphatic heterocycles. The lowest BCUT2D eigenvalue weighted by Gasteiger charge is -2.24. The Morgan fingerprint density at radius 3 is 2.45 bits per heavy atom. The summed E-state index contributed by atoms with van der Waals surface area (Å²) in [6.07, 6.45) is 2.14. The lowest BCUT2D eigenvalue weighted by atomic mass is 9.87. The number of hydrogen-bond donors (Lipinski definition) is 2. The first kappa shape index (κ1) is 18.6.